The van der Waals surface area contributed by atoms with Crippen molar-refractivity contribution in [3.63, 3.8) is 0 Å². The summed E-state index contributed by atoms with van der Waals surface area (Å²) in [5.41, 5.74) is 5.84. The second kappa shape index (κ2) is 10.4. The zero-order valence-electron chi connectivity index (χ0n) is 14.9. The van der Waals surface area contributed by atoms with Crippen molar-refractivity contribution < 1.29 is 9.59 Å². The molecule has 6 heteroatoms. The lowest BCUT2D eigenvalue weighted by atomic mass is 9.87. The molecule has 1 saturated carbocycles. The van der Waals surface area contributed by atoms with Crippen molar-refractivity contribution >= 4 is 24.2 Å². The maximum Gasteiger partial charge on any atom is 0.244 e. The van der Waals surface area contributed by atoms with Gasteiger partial charge in [-0.1, -0.05) is 49.6 Å². The minimum Gasteiger partial charge on any atom is -0.354 e. The molecular formula is C19H30ClN3O2. The number of hydrogen-bond acceptors (Lipinski definition) is 3. The molecule has 1 aromatic carbocycles. The first-order valence-corrected chi connectivity index (χ1v) is 8.89. The van der Waals surface area contributed by atoms with Crippen molar-refractivity contribution in [3.8, 4) is 0 Å². The van der Waals surface area contributed by atoms with Gasteiger partial charge in [-0.25, -0.2) is 0 Å². The van der Waals surface area contributed by atoms with Gasteiger partial charge < -0.3 is 16.4 Å². The molecule has 0 aliphatic heterocycles. The van der Waals surface area contributed by atoms with Gasteiger partial charge in [0.1, 0.15) is 5.54 Å². The molecule has 1 atom stereocenters. The Bertz CT molecular complexity index is 543. The Morgan fingerprint density at radius 3 is 2.32 bits per heavy atom. The van der Waals surface area contributed by atoms with Gasteiger partial charge in [0, 0.05) is 19.5 Å². The van der Waals surface area contributed by atoms with Crippen LogP contribution in [-0.4, -0.2) is 24.9 Å². The Kier molecular flexibility index (Phi) is 8.93. The van der Waals surface area contributed by atoms with Crippen LogP contribution in [0.5, 0.6) is 0 Å². The quantitative estimate of drug-likeness (QED) is 0.647. The van der Waals surface area contributed by atoms with E-state index in [0.717, 1.165) is 18.4 Å². The van der Waals surface area contributed by atoms with E-state index in [4.69, 9.17) is 5.73 Å². The van der Waals surface area contributed by atoms with E-state index >= 15 is 0 Å². The van der Waals surface area contributed by atoms with Gasteiger partial charge in [-0.05, 0) is 31.2 Å². The van der Waals surface area contributed by atoms with Crippen molar-refractivity contribution in [1.29, 1.82) is 0 Å². The summed E-state index contributed by atoms with van der Waals surface area (Å²) in [4.78, 5) is 24.2. The first-order chi connectivity index (χ1) is 11.5. The van der Waals surface area contributed by atoms with Crippen molar-refractivity contribution in [2.24, 2.45) is 11.7 Å². The number of amides is 2. The van der Waals surface area contributed by atoms with Gasteiger partial charge in [-0.2, -0.15) is 0 Å². The van der Waals surface area contributed by atoms with E-state index in [-0.39, 0.29) is 24.2 Å². The van der Waals surface area contributed by atoms with Crippen LogP contribution in [0.3, 0.4) is 0 Å². The predicted octanol–water partition coefficient (Wildman–Crippen LogP) is 2.49. The number of hydrogen-bond donors (Lipinski definition) is 3. The van der Waals surface area contributed by atoms with Gasteiger partial charge in [0.25, 0.3) is 0 Å². The van der Waals surface area contributed by atoms with E-state index in [9.17, 15) is 9.59 Å². The fraction of sp³-hybridized carbons (Fsp3) is 0.579. The van der Waals surface area contributed by atoms with E-state index in [1.165, 1.54) is 19.3 Å². The summed E-state index contributed by atoms with van der Waals surface area (Å²) in [6, 6.07) is 9.29. The van der Waals surface area contributed by atoms with Crippen LogP contribution in [0.15, 0.2) is 30.3 Å². The first-order valence-electron chi connectivity index (χ1n) is 8.89. The highest BCUT2D eigenvalue weighted by atomic mass is 35.5. The van der Waals surface area contributed by atoms with Crippen molar-refractivity contribution in [2.75, 3.05) is 13.1 Å². The monoisotopic (exact) mass is 367 g/mol. The number of nitrogens with one attached hydrogen (secondary N) is 2. The van der Waals surface area contributed by atoms with E-state index in [0.29, 0.717) is 25.4 Å². The van der Waals surface area contributed by atoms with Crippen molar-refractivity contribution in [1.82, 2.24) is 10.6 Å². The summed E-state index contributed by atoms with van der Waals surface area (Å²) in [5.74, 6) is 0.365. The van der Waals surface area contributed by atoms with Crippen LogP contribution in [0.1, 0.15) is 51.0 Å². The van der Waals surface area contributed by atoms with Gasteiger partial charge in [-0.3, -0.25) is 9.59 Å². The number of carbonyl (C=O) groups excluding carboxylic acids is 2. The smallest absolute Gasteiger partial charge is 0.244 e. The van der Waals surface area contributed by atoms with Crippen molar-refractivity contribution in [2.45, 2.75) is 51.0 Å². The molecule has 1 fully saturated rings. The standard InChI is InChI=1S/C19H29N3O2.ClH/c1-19(20,16-10-6-3-7-11-16)18(24)22-13-12-21-17(23)14-15-8-4-2-5-9-15;/h3,6-7,10-11,15H,2,4-5,8-9,12-14,20H2,1H3,(H,21,23)(H,22,24);1H. The normalized spacial score (nSPS) is 17.0. The lowest BCUT2D eigenvalue weighted by Crippen LogP contribution is -2.50. The molecule has 5 nitrogen and oxygen atoms in total. The summed E-state index contributed by atoms with van der Waals surface area (Å²) < 4.78 is 0. The molecule has 2 rings (SSSR count). The lowest BCUT2D eigenvalue weighted by molar-refractivity contribution is -0.126. The number of nitrogens with two attached hydrogens (primary N) is 1. The van der Waals surface area contributed by atoms with E-state index < -0.39 is 5.54 Å². The molecule has 0 aromatic heterocycles. The average molecular weight is 368 g/mol. The SMILES string of the molecule is CC(N)(C(=O)NCCNC(=O)CC1CCCCC1)c1ccccc1.Cl. The van der Waals surface area contributed by atoms with Gasteiger partial charge >= 0.3 is 0 Å². The molecule has 140 valence electrons. The van der Waals surface area contributed by atoms with Crippen LogP contribution in [-0.2, 0) is 15.1 Å². The Hall–Kier alpha value is -1.59. The molecule has 0 saturated heterocycles. The van der Waals surface area contributed by atoms with Crippen LogP contribution in [0.25, 0.3) is 0 Å². The molecule has 1 aliphatic carbocycles. The highest BCUT2D eigenvalue weighted by Gasteiger charge is 2.29. The van der Waals surface area contributed by atoms with Crippen LogP contribution in [0.2, 0.25) is 0 Å². The second-order valence-electron chi connectivity index (χ2n) is 6.88. The zero-order chi connectivity index (χ0) is 17.4. The molecule has 25 heavy (non-hydrogen) atoms. The topological polar surface area (TPSA) is 84.2 Å². The third kappa shape index (κ3) is 6.67. The van der Waals surface area contributed by atoms with Crippen LogP contribution >= 0.6 is 12.4 Å². The van der Waals surface area contributed by atoms with Gasteiger partial charge in [0.2, 0.25) is 11.8 Å². The fourth-order valence-corrected chi connectivity index (χ4v) is 3.20. The van der Waals surface area contributed by atoms with Gasteiger partial charge in [-0.15, -0.1) is 12.4 Å². The molecule has 2 amide bonds. The third-order valence-electron chi connectivity index (χ3n) is 4.78. The molecule has 0 heterocycles. The van der Waals surface area contributed by atoms with Crippen molar-refractivity contribution in [3.05, 3.63) is 35.9 Å². The molecule has 0 radical (unpaired) electrons. The maximum absolute atomic E-state index is 12.3. The Balaban J connectivity index is 0.00000312. The van der Waals surface area contributed by atoms with Crippen LogP contribution in [0.4, 0.5) is 0 Å². The third-order valence-corrected chi connectivity index (χ3v) is 4.78. The maximum atomic E-state index is 12.3. The van der Waals surface area contributed by atoms with E-state index in [1.807, 2.05) is 30.3 Å². The fourth-order valence-electron chi connectivity index (χ4n) is 3.20. The molecule has 1 unspecified atom stereocenters. The zero-order valence-corrected chi connectivity index (χ0v) is 15.7. The molecule has 0 bridgehead atoms. The predicted molar refractivity (Wildman–Crippen MR) is 102 cm³/mol. The Labute approximate surface area is 156 Å². The highest BCUT2D eigenvalue weighted by molar-refractivity contribution is 5.87. The average Bonchev–Trinajstić information content (AvgIpc) is 2.60. The largest absolute Gasteiger partial charge is 0.354 e. The lowest BCUT2D eigenvalue weighted by Gasteiger charge is -2.24. The van der Waals surface area contributed by atoms with E-state index in [1.54, 1.807) is 6.92 Å². The van der Waals surface area contributed by atoms with Crippen LogP contribution in [0, 0.1) is 5.92 Å². The number of carbonyl (C=O) groups is 2. The number of rotatable bonds is 7. The summed E-state index contributed by atoms with van der Waals surface area (Å²) in [5, 5.41) is 5.68. The number of benzene rings is 1. The molecule has 4 N–H and O–H groups in total. The summed E-state index contributed by atoms with van der Waals surface area (Å²) >= 11 is 0. The summed E-state index contributed by atoms with van der Waals surface area (Å²) in [7, 11) is 0. The molecule has 1 aromatic rings. The first kappa shape index (κ1) is 21.5. The molecule has 1 aliphatic rings. The van der Waals surface area contributed by atoms with Crippen LogP contribution < -0.4 is 16.4 Å². The minimum absolute atomic E-state index is 0. The van der Waals surface area contributed by atoms with Gasteiger partial charge in [0.05, 0.1) is 0 Å². The van der Waals surface area contributed by atoms with E-state index in [2.05, 4.69) is 10.6 Å². The second-order valence-corrected chi connectivity index (χ2v) is 6.88. The molecule has 0 spiro atoms. The number of halogens is 1. The highest BCUT2D eigenvalue weighted by Crippen LogP contribution is 2.26. The minimum atomic E-state index is -1.08. The summed E-state index contributed by atoms with van der Waals surface area (Å²) in [6.45, 7) is 2.51. The Morgan fingerprint density at radius 1 is 1.08 bits per heavy atom. The van der Waals surface area contributed by atoms with Gasteiger partial charge in [0.15, 0.2) is 0 Å². The summed E-state index contributed by atoms with van der Waals surface area (Å²) in [6.07, 6.45) is 6.70. The molecular weight excluding hydrogens is 338 g/mol. The Morgan fingerprint density at radius 2 is 1.68 bits per heavy atom.